The smallest absolute Gasteiger partial charge is 0.262 e. The van der Waals surface area contributed by atoms with E-state index in [-0.39, 0.29) is 12.5 Å². The normalized spacial score (nSPS) is 10.5. The van der Waals surface area contributed by atoms with E-state index in [1.807, 2.05) is 31.2 Å². The molecule has 1 amide bonds. The summed E-state index contributed by atoms with van der Waals surface area (Å²) in [6.45, 7) is 6.19. The third-order valence-corrected chi connectivity index (χ3v) is 3.50. The number of carbonyl (C=O) groups excluding carboxylic acids is 1. The van der Waals surface area contributed by atoms with E-state index in [4.69, 9.17) is 9.47 Å². The van der Waals surface area contributed by atoms with Crippen LogP contribution >= 0.6 is 0 Å². The summed E-state index contributed by atoms with van der Waals surface area (Å²) in [6, 6.07) is 13.3. The zero-order valence-electron chi connectivity index (χ0n) is 14.1. The summed E-state index contributed by atoms with van der Waals surface area (Å²) in [5, 5.41) is 2.81. The van der Waals surface area contributed by atoms with E-state index in [0.29, 0.717) is 17.4 Å². The summed E-state index contributed by atoms with van der Waals surface area (Å²) < 4.78 is 10.9. The lowest BCUT2D eigenvalue weighted by Gasteiger charge is -2.15. The van der Waals surface area contributed by atoms with Crippen LogP contribution in [0.2, 0.25) is 0 Å². The molecule has 4 nitrogen and oxygen atoms in total. The molecule has 0 fully saturated rings. The second kappa shape index (κ2) is 7.68. The van der Waals surface area contributed by atoms with Gasteiger partial charge in [-0.15, -0.1) is 0 Å². The van der Waals surface area contributed by atoms with Crippen LogP contribution in [0.25, 0.3) is 0 Å². The molecule has 4 heteroatoms. The van der Waals surface area contributed by atoms with Crippen molar-refractivity contribution in [2.45, 2.75) is 26.7 Å². The third-order valence-electron chi connectivity index (χ3n) is 3.50. The summed E-state index contributed by atoms with van der Waals surface area (Å²) in [5.41, 5.74) is 2.90. The van der Waals surface area contributed by atoms with Crippen LogP contribution in [0, 0.1) is 6.92 Å². The summed E-state index contributed by atoms with van der Waals surface area (Å²) in [4.78, 5) is 12.1. The highest BCUT2D eigenvalue weighted by molar-refractivity contribution is 5.92. The number of aryl methyl sites for hydroxylation is 1. The first kappa shape index (κ1) is 16.9. The Morgan fingerprint density at radius 2 is 1.96 bits per heavy atom. The highest BCUT2D eigenvalue weighted by atomic mass is 16.5. The molecule has 0 saturated carbocycles. The van der Waals surface area contributed by atoms with Crippen LogP contribution in [-0.2, 0) is 4.79 Å². The number of methoxy groups -OCH3 is 1. The maximum Gasteiger partial charge on any atom is 0.262 e. The molecule has 0 radical (unpaired) electrons. The van der Waals surface area contributed by atoms with Crippen molar-refractivity contribution in [3.05, 3.63) is 53.6 Å². The van der Waals surface area contributed by atoms with Gasteiger partial charge in [0.25, 0.3) is 5.91 Å². The van der Waals surface area contributed by atoms with Gasteiger partial charge in [0.15, 0.2) is 6.61 Å². The first-order chi connectivity index (χ1) is 11.0. The van der Waals surface area contributed by atoms with Gasteiger partial charge in [-0.2, -0.15) is 0 Å². The fraction of sp³-hybridized carbons (Fsp3) is 0.316. The van der Waals surface area contributed by atoms with Crippen molar-refractivity contribution >= 4 is 11.6 Å². The lowest BCUT2D eigenvalue weighted by molar-refractivity contribution is -0.118. The molecule has 122 valence electrons. The number of benzene rings is 2. The highest BCUT2D eigenvalue weighted by Gasteiger charge is 2.10. The molecule has 0 heterocycles. The van der Waals surface area contributed by atoms with E-state index in [1.165, 1.54) is 0 Å². The van der Waals surface area contributed by atoms with Crippen LogP contribution in [0.5, 0.6) is 11.5 Å². The Labute approximate surface area is 137 Å². The number of ether oxygens (including phenoxy) is 2. The lowest BCUT2D eigenvalue weighted by Crippen LogP contribution is -2.20. The molecule has 2 aromatic rings. The zero-order chi connectivity index (χ0) is 16.8. The van der Waals surface area contributed by atoms with E-state index in [0.717, 1.165) is 16.9 Å². The van der Waals surface area contributed by atoms with Crippen LogP contribution in [0.4, 0.5) is 5.69 Å². The maximum absolute atomic E-state index is 12.1. The zero-order valence-corrected chi connectivity index (χ0v) is 14.1. The topological polar surface area (TPSA) is 47.6 Å². The standard InChI is InChI=1S/C19H23NO3/c1-13(2)17-9-8-14(3)10-18(17)23-12-19(21)20-15-6-5-7-16(11-15)22-4/h5-11,13H,12H2,1-4H3,(H,20,21). The van der Waals surface area contributed by atoms with E-state index >= 15 is 0 Å². The first-order valence-electron chi connectivity index (χ1n) is 7.67. The minimum atomic E-state index is -0.200. The number of anilines is 1. The maximum atomic E-state index is 12.1. The van der Waals surface area contributed by atoms with Gasteiger partial charge in [-0.3, -0.25) is 4.79 Å². The van der Waals surface area contributed by atoms with E-state index < -0.39 is 0 Å². The molecule has 0 saturated heterocycles. The van der Waals surface area contributed by atoms with Gasteiger partial charge in [-0.1, -0.05) is 32.0 Å². The van der Waals surface area contributed by atoms with Gasteiger partial charge >= 0.3 is 0 Å². The molecule has 2 rings (SSSR count). The predicted molar refractivity (Wildman–Crippen MR) is 92.4 cm³/mol. The predicted octanol–water partition coefficient (Wildman–Crippen LogP) is 4.14. The number of rotatable bonds is 6. The molecule has 0 aliphatic rings. The van der Waals surface area contributed by atoms with Crippen molar-refractivity contribution in [1.82, 2.24) is 0 Å². The van der Waals surface area contributed by atoms with Crippen LogP contribution in [0.3, 0.4) is 0 Å². The quantitative estimate of drug-likeness (QED) is 0.871. The molecule has 0 aliphatic carbocycles. The monoisotopic (exact) mass is 313 g/mol. The van der Waals surface area contributed by atoms with Crippen LogP contribution < -0.4 is 14.8 Å². The van der Waals surface area contributed by atoms with Crippen molar-refractivity contribution in [1.29, 1.82) is 0 Å². The van der Waals surface area contributed by atoms with E-state index in [9.17, 15) is 4.79 Å². The molecular formula is C19H23NO3. The number of hydrogen-bond acceptors (Lipinski definition) is 3. The average Bonchev–Trinajstić information content (AvgIpc) is 2.53. The van der Waals surface area contributed by atoms with Crippen LogP contribution in [0.15, 0.2) is 42.5 Å². The first-order valence-corrected chi connectivity index (χ1v) is 7.67. The molecule has 0 atom stereocenters. The summed E-state index contributed by atoms with van der Waals surface area (Å²) in [5.74, 6) is 1.60. The summed E-state index contributed by atoms with van der Waals surface area (Å²) in [7, 11) is 1.59. The van der Waals surface area contributed by atoms with Crippen molar-refractivity contribution in [3.8, 4) is 11.5 Å². The summed E-state index contributed by atoms with van der Waals surface area (Å²) in [6.07, 6.45) is 0. The van der Waals surface area contributed by atoms with Crippen molar-refractivity contribution in [2.24, 2.45) is 0 Å². The van der Waals surface area contributed by atoms with Gasteiger partial charge in [-0.25, -0.2) is 0 Å². The van der Waals surface area contributed by atoms with Gasteiger partial charge in [0.1, 0.15) is 11.5 Å². The molecule has 23 heavy (non-hydrogen) atoms. The van der Waals surface area contributed by atoms with Crippen molar-refractivity contribution < 1.29 is 14.3 Å². The van der Waals surface area contributed by atoms with Gasteiger partial charge in [0.2, 0.25) is 0 Å². The largest absolute Gasteiger partial charge is 0.497 e. The van der Waals surface area contributed by atoms with Gasteiger partial charge in [-0.05, 0) is 42.2 Å². The van der Waals surface area contributed by atoms with Crippen molar-refractivity contribution in [2.75, 3.05) is 19.0 Å². The van der Waals surface area contributed by atoms with E-state index in [2.05, 4.69) is 31.3 Å². The van der Waals surface area contributed by atoms with E-state index in [1.54, 1.807) is 13.2 Å². The highest BCUT2D eigenvalue weighted by Crippen LogP contribution is 2.27. The molecular weight excluding hydrogens is 290 g/mol. The Morgan fingerprint density at radius 1 is 1.17 bits per heavy atom. The molecule has 2 aromatic carbocycles. The van der Waals surface area contributed by atoms with Gasteiger partial charge in [0, 0.05) is 11.8 Å². The minimum Gasteiger partial charge on any atom is -0.497 e. The number of carbonyl (C=O) groups is 1. The van der Waals surface area contributed by atoms with Crippen LogP contribution in [-0.4, -0.2) is 19.6 Å². The Hall–Kier alpha value is -2.49. The van der Waals surface area contributed by atoms with Gasteiger partial charge < -0.3 is 14.8 Å². The summed E-state index contributed by atoms with van der Waals surface area (Å²) >= 11 is 0. The second-order valence-corrected chi connectivity index (χ2v) is 5.76. The number of amides is 1. The molecule has 0 aromatic heterocycles. The fourth-order valence-electron chi connectivity index (χ4n) is 2.28. The average molecular weight is 313 g/mol. The Kier molecular flexibility index (Phi) is 5.63. The SMILES string of the molecule is COc1cccc(NC(=O)COc2cc(C)ccc2C(C)C)c1. The molecule has 0 unspecified atom stereocenters. The molecule has 0 aliphatic heterocycles. The Balaban J connectivity index is 2.00. The lowest BCUT2D eigenvalue weighted by atomic mass is 10.0. The fourth-order valence-corrected chi connectivity index (χ4v) is 2.28. The van der Waals surface area contributed by atoms with Gasteiger partial charge in [0.05, 0.1) is 7.11 Å². The number of hydrogen-bond donors (Lipinski definition) is 1. The Morgan fingerprint density at radius 3 is 2.65 bits per heavy atom. The van der Waals surface area contributed by atoms with Crippen molar-refractivity contribution in [3.63, 3.8) is 0 Å². The Bertz CT molecular complexity index is 680. The van der Waals surface area contributed by atoms with Crippen LogP contribution in [0.1, 0.15) is 30.9 Å². The third kappa shape index (κ3) is 4.74. The second-order valence-electron chi connectivity index (χ2n) is 5.76. The molecule has 1 N–H and O–H groups in total. The molecule has 0 bridgehead atoms. The molecule has 0 spiro atoms. The minimum absolute atomic E-state index is 0.0274. The number of nitrogens with one attached hydrogen (secondary N) is 1.